The summed E-state index contributed by atoms with van der Waals surface area (Å²) in [5.74, 6) is -0.558. The van der Waals surface area contributed by atoms with Crippen LogP contribution in [0.2, 0.25) is 0 Å². The van der Waals surface area contributed by atoms with E-state index in [1.54, 1.807) is 20.8 Å². The third kappa shape index (κ3) is 13.4. The summed E-state index contributed by atoms with van der Waals surface area (Å²) in [6, 6.07) is 0. The molecule has 0 saturated carbocycles. The molecule has 0 aliphatic heterocycles. The SMILES string of the molecule is CC(C)COCC(CCNC(=O)OC(C)(C)C)CC(=O)O. The van der Waals surface area contributed by atoms with Gasteiger partial charge in [0.05, 0.1) is 13.0 Å². The van der Waals surface area contributed by atoms with Crippen molar-refractivity contribution in [3.63, 3.8) is 0 Å². The fourth-order valence-corrected chi connectivity index (χ4v) is 1.65. The molecule has 21 heavy (non-hydrogen) atoms. The first-order valence-corrected chi connectivity index (χ1v) is 7.36. The molecule has 0 aromatic rings. The summed E-state index contributed by atoms with van der Waals surface area (Å²) >= 11 is 0. The highest BCUT2D eigenvalue weighted by Gasteiger charge is 2.17. The maximum absolute atomic E-state index is 11.5. The van der Waals surface area contributed by atoms with E-state index in [-0.39, 0.29) is 12.3 Å². The molecule has 0 radical (unpaired) electrons. The van der Waals surface area contributed by atoms with Crippen molar-refractivity contribution >= 4 is 12.1 Å². The van der Waals surface area contributed by atoms with Crippen LogP contribution in [0.3, 0.4) is 0 Å². The second-order valence-corrected chi connectivity index (χ2v) is 6.61. The Morgan fingerprint density at radius 3 is 2.29 bits per heavy atom. The Balaban J connectivity index is 4.05. The van der Waals surface area contributed by atoms with Crippen molar-refractivity contribution in [3.8, 4) is 0 Å². The molecule has 0 rings (SSSR count). The predicted molar refractivity (Wildman–Crippen MR) is 80.3 cm³/mol. The number of ether oxygens (including phenoxy) is 2. The Morgan fingerprint density at radius 2 is 1.81 bits per heavy atom. The number of hydrogen-bond acceptors (Lipinski definition) is 4. The van der Waals surface area contributed by atoms with E-state index in [1.165, 1.54) is 0 Å². The smallest absolute Gasteiger partial charge is 0.407 e. The van der Waals surface area contributed by atoms with Gasteiger partial charge in [-0.3, -0.25) is 4.79 Å². The first-order valence-electron chi connectivity index (χ1n) is 7.36. The zero-order valence-corrected chi connectivity index (χ0v) is 13.8. The third-order valence-electron chi connectivity index (χ3n) is 2.49. The van der Waals surface area contributed by atoms with E-state index in [2.05, 4.69) is 5.32 Å². The summed E-state index contributed by atoms with van der Waals surface area (Å²) in [6.45, 7) is 10.8. The number of rotatable bonds is 9. The lowest BCUT2D eigenvalue weighted by molar-refractivity contribution is -0.138. The van der Waals surface area contributed by atoms with E-state index < -0.39 is 17.7 Å². The Morgan fingerprint density at radius 1 is 1.19 bits per heavy atom. The molecule has 6 heteroatoms. The van der Waals surface area contributed by atoms with Crippen molar-refractivity contribution in [2.75, 3.05) is 19.8 Å². The minimum Gasteiger partial charge on any atom is -0.481 e. The van der Waals surface area contributed by atoms with Crippen LogP contribution in [0.25, 0.3) is 0 Å². The Hall–Kier alpha value is -1.30. The Bertz CT molecular complexity index is 323. The van der Waals surface area contributed by atoms with Crippen LogP contribution in [0.1, 0.15) is 47.5 Å². The van der Waals surface area contributed by atoms with Crippen LogP contribution in [0.5, 0.6) is 0 Å². The van der Waals surface area contributed by atoms with Crippen LogP contribution >= 0.6 is 0 Å². The van der Waals surface area contributed by atoms with E-state index in [9.17, 15) is 9.59 Å². The van der Waals surface area contributed by atoms with Gasteiger partial charge in [0.15, 0.2) is 0 Å². The van der Waals surface area contributed by atoms with Crippen molar-refractivity contribution in [1.29, 1.82) is 0 Å². The van der Waals surface area contributed by atoms with Gasteiger partial charge in [-0.15, -0.1) is 0 Å². The quantitative estimate of drug-likeness (QED) is 0.684. The van der Waals surface area contributed by atoms with Crippen molar-refractivity contribution in [2.24, 2.45) is 11.8 Å². The molecule has 0 heterocycles. The van der Waals surface area contributed by atoms with E-state index >= 15 is 0 Å². The van der Waals surface area contributed by atoms with Gasteiger partial charge in [0.25, 0.3) is 0 Å². The summed E-state index contributed by atoms with van der Waals surface area (Å²) in [5, 5.41) is 11.5. The molecule has 0 aliphatic rings. The number of amides is 1. The number of aliphatic carboxylic acids is 1. The number of carbonyl (C=O) groups excluding carboxylic acids is 1. The molecular formula is C15H29NO5. The second-order valence-electron chi connectivity index (χ2n) is 6.61. The Labute approximate surface area is 127 Å². The number of alkyl carbamates (subject to hydrolysis) is 1. The molecule has 0 saturated heterocycles. The molecule has 124 valence electrons. The molecule has 0 aromatic carbocycles. The number of carboxylic acids is 1. The van der Waals surface area contributed by atoms with Gasteiger partial charge in [0.2, 0.25) is 0 Å². The monoisotopic (exact) mass is 303 g/mol. The van der Waals surface area contributed by atoms with Gasteiger partial charge in [-0.25, -0.2) is 4.79 Å². The molecule has 1 unspecified atom stereocenters. The maximum atomic E-state index is 11.5. The first kappa shape index (κ1) is 19.7. The molecule has 1 atom stereocenters. The number of hydrogen-bond donors (Lipinski definition) is 2. The van der Waals surface area contributed by atoms with E-state index in [0.29, 0.717) is 32.1 Å². The first-order chi connectivity index (χ1) is 9.60. The molecule has 2 N–H and O–H groups in total. The minimum absolute atomic E-state index is 0.0358. The topological polar surface area (TPSA) is 84.9 Å². The second kappa shape index (κ2) is 9.60. The van der Waals surface area contributed by atoms with Gasteiger partial charge >= 0.3 is 12.1 Å². The molecule has 1 amide bonds. The summed E-state index contributed by atoms with van der Waals surface area (Å²) in [4.78, 5) is 22.3. The van der Waals surface area contributed by atoms with E-state index in [4.69, 9.17) is 14.6 Å². The number of carboxylic acid groups (broad SMARTS) is 1. The van der Waals surface area contributed by atoms with Gasteiger partial charge in [-0.2, -0.15) is 0 Å². The zero-order valence-electron chi connectivity index (χ0n) is 13.8. The van der Waals surface area contributed by atoms with Gasteiger partial charge in [0, 0.05) is 13.2 Å². The van der Waals surface area contributed by atoms with Gasteiger partial charge in [-0.1, -0.05) is 13.8 Å². The summed E-state index contributed by atoms with van der Waals surface area (Å²) in [7, 11) is 0. The fraction of sp³-hybridized carbons (Fsp3) is 0.867. The van der Waals surface area contributed by atoms with Crippen LogP contribution in [0.4, 0.5) is 4.79 Å². The molecule has 0 aliphatic carbocycles. The van der Waals surface area contributed by atoms with Gasteiger partial charge in [-0.05, 0) is 39.0 Å². The predicted octanol–water partition coefficient (Wildman–Crippen LogP) is 2.66. The molecule has 0 bridgehead atoms. The highest BCUT2D eigenvalue weighted by molar-refractivity contribution is 5.68. The normalized spacial score (nSPS) is 13.0. The van der Waals surface area contributed by atoms with Crippen LogP contribution in [-0.4, -0.2) is 42.5 Å². The van der Waals surface area contributed by atoms with Crippen LogP contribution in [-0.2, 0) is 14.3 Å². The lowest BCUT2D eigenvalue weighted by Crippen LogP contribution is -2.34. The van der Waals surface area contributed by atoms with Gasteiger partial charge in [0.1, 0.15) is 5.60 Å². The molecular weight excluding hydrogens is 274 g/mol. The zero-order chi connectivity index (χ0) is 16.5. The summed E-state index contributed by atoms with van der Waals surface area (Å²) in [5.41, 5.74) is -0.537. The molecule has 0 spiro atoms. The van der Waals surface area contributed by atoms with Gasteiger partial charge < -0.3 is 19.9 Å². The third-order valence-corrected chi connectivity index (χ3v) is 2.49. The average Bonchev–Trinajstić information content (AvgIpc) is 2.24. The average molecular weight is 303 g/mol. The number of carbonyl (C=O) groups is 2. The Kier molecular flexibility index (Phi) is 9.01. The highest BCUT2D eigenvalue weighted by Crippen LogP contribution is 2.11. The van der Waals surface area contributed by atoms with Crippen molar-refractivity contribution in [2.45, 2.75) is 53.1 Å². The highest BCUT2D eigenvalue weighted by atomic mass is 16.6. The molecule has 6 nitrogen and oxygen atoms in total. The summed E-state index contributed by atoms with van der Waals surface area (Å²) in [6.07, 6.45) is 0.0947. The lowest BCUT2D eigenvalue weighted by Gasteiger charge is -2.20. The molecule has 0 fully saturated rings. The largest absolute Gasteiger partial charge is 0.481 e. The van der Waals surface area contributed by atoms with Crippen LogP contribution in [0, 0.1) is 11.8 Å². The summed E-state index contributed by atoms with van der Waals surface area (Å²) < 4.78 is 10.6. The van der Waals surface area contributed by atoms with Crippen LogP contribution in [0.15, 0.2) is 0 Å². The van der Waals surface area contributed by atoms with E-state index in [0.717, 1.165) is 0 Å². The standard InChI is InChI=1S/C15H29NO5/c1-11(2)9-20-10-12(8-13(17)18)6-7-16-14(19)21-15(3,4)5/h11-12H,6-10H2,1-5H3,(H,16,19)(H,17,18). The minimum atomic E-state index is -0.856. The molecule has 0 aromatic heterocycles. The lowest BCUT2D eigenvalue weighted by atomic mass is 10.0. The maximum Gasteiger partial charge on any atom is 0.407 e. The number of nitrogens with one attached hydrogen (secondary N) is 1. The fourth-order valence-electron chi connectivity index (χ4n) is 1.65. The van der Waals surface area contributed by atoms with Crippen molar-refractivity contribution in [1.82, 2.24) is 5.32 Å². The van der Waals surface area contributed by atoms with Crippen molar-refractivity contribution in [3.05, 3.63) is 0 Å². The van der Waals surface area contributed by atoms with Crippen LogP contribution < -0.4 is 5.32 Å². The van der Waals surface area contributed by atoms with E-state index in [1.807, 2.05) is 13.8 Å². The van der Waals surface area contributed by atoms with Crippen molar-refractivity contribution < 1.29 is 24.2 Å².